The first-order chi connectivity index (χ1) is 5.43. The second kappa shape index (κ2) is 3.06. The Hall–Kier alpha value is -0.560. The maximum atomic E-state index is 9.95. The molecule has 68 valence electrons. The summed E-state index contributed by atoms with van der Waals surface area (Å²) in [5, 5.41) is 9.95. The topological polar surface area (TPSA) is 20.2 Å². The molecule has 12 heavy (non-hydrogen) atoms. The van der Waals surface area contributed by atoms with Crippen molar-refractivity contribution in [1.29, 1.82) is 0 Å². The fourth-order valence-electron chi connectivity index (χ4n) is 1.64. The third-order valence-corrected chi connectivity index (χ3v) is 2.90. The van der Waals surface area contributed by atoms with Crippen LogP contribution in [-0.2, 0) is 0 Å². The zero-order valence-electron chi connectivity index (χ0n) is 8.22. The fraction of sp³-hybridized carbons (Fsp3) is 0.636. The van der Waals surface area contributed by atoms with Crippen molar-refractivity contribution in [3.8, 4) is 0 Å². The van der Waals surface area contributed by atoms with E-state index in [-0.39, 0.29) is 0 Å². The van der Waals surface area contributed by atoms with E-state index in [0.717, 1.165) is 18.4 Å². The molecule has 0 aromatic carbocycles. The first-order valence-corrected chi connectivity index (χ1v) is 4.48. The summed E-state index contributed by atoms with van der Waals surface area (Å²) >= 11 is 0. The van der Waals surface area contributed by atoms with Crippen molar-refractivity contribution >= 4 is 0 Å². The van der Waals surface area contributed by atoms with Crippen LogP contribution in [0.4, 0.5) is 0 Å². The van der Waals surface area contributed by atoms with Crippen LogP contribution in [0.1, 0.15) is 33.6 Å². The zero-order valence-corrected chi connectivity index (χ0v) is 8.22. The maximum absolute atomic E-state index is 9.95. The Balaban J connectivity index is 2.79. The summed E-state index contributed by atoms with van der Waals surface area (Å²) < 4.78 is 0. The normalized spacial score (nSPS) is 36.0. The van der Waals surface area contributed by atoms with Gasteiger partial charge < -0.3 is 5.11 Å². The molecule has 0 radical (unpaired) electrons. The molecule has 0 spiro atoms. The van der Waals surface area contributed by atoms with Gasteiger partial charge in [0.15, 0.2) is 0 Å². The van der Waals surface area contributed by atoms with E-state index < -0.39 is 5.60 Å². The molecular weight excluding hydrogens is 148 g/mol. The molecule has 0 aliphatic heterocycles. The summed E-state index contributed by atoms with van der Waals surface area (Å²) in [7, 11) is 0. The summed E-state index contributed by atoms with van der Waals surface area (Å²) in [5.74, 6) is 0.462. The highest BCUT2D eigenvalue weighted by atomic mass is 16.3. The lowest BCUT2D eigenvalue weighted by atomic mass is 9.77. The van der Waals surface area contributed by atoms with Crippen molar-refractivity contribution in [2.24, 2.45) is 5.92 Å². The van der Waals surface area contributed by atoms with E-state index in [0.29, 0.717) is 5.92 Å². The van der Waals surface area contributed by atoms with Gasteiger partial charge in [-0.3, -0.25) is 0 Å². The number of hydrogen-bond donors (Lipinski definition) is 1. The largest absolute Gasteiger partial charge is 0.386 e. The smallest absolute Gasteiger partial charge is 0.0831 e. The van der Waals surface area contributed by atoms with Gasteiger partial charge in [0.2, 0.25) is 0 Å². The van der Waals surface area contributed by atoms with Crippen LogP contribution in [0.5, 0.6) is 0 Å². The number of hydrogen-bond acceptors (Lipinski definition) is 1. The van der Waals surface area contributed by atoms with Gasteiger partial charge in [0.05, 0.1) is 5.60 Å². The zero-order chi connectivity index (χ0) is 9.35. The van der Waals surface area contributed by atoms with Crippen LogP contribution in [0, 0.1) is 5.92 Å². The Morgan fingerprint density at radius 1 is 1.75 bits per heavy atom. The summed E-state index contributed by atoms with van der Waals surface area (Å²) in [4.78, 5) is 0. The highest BCUT2D eigenvalue weighted by Crippen LogP contribution is 2.35. The van der Waals surface area contributed by atoms with E-state index in [1.54, 1.807) is 0 Å². The molecule has 1 unspecified atom stereocenters. The minimum absolute atomic E-state index is 0.462. The van der Waals surface area contributed by atoms with E-state index in [9.17, 15) is 5.11 Å². The molecular formula is C11H18O. The average Bonchev–Trinajstić information content (AvgIpc) is 1.94. The van der Waals surface area contributed by atoms with Crippen molar-refractivity contribution in [2.75, 3.05) is 0 Å². The molecule has 0 saturated carbocycles. The van der Waals surface area contributed by atoms with Crippen molar-refractivity contribution in [3.63, 3.8) is 0 Å². The Morgan fingerprint density at radius 2 is 2.33 bits per heavy atom. The summed E-state index contributed by atoms with van der Waals surface area (Å²) in [6.07, 6.45) is 3.99. The molecule has 1 heteroatoms. The lowest BCUT2D eigenvalue weighted by molar-refractivity contribution is 0.0683. The molecule has 0 amide bonds. The van der Waals surface area contributed by atoms with Crippen LogP contribution < -0.4 is 0 Å². The molecule has 2 atom stereocenters. The van der Waals surface area contributed by atoms with Crippen molar-refractivity contribution in [2.45, 2.75) is 39.2 Å². The first-order valence-electron chi connectivity index (χ1n) is 4.48. The highest BCUT2D eigenvalue weighted by Gasteiger charge is 2.30. The second-order valence-electron chi connectivity index (χ2n) is 4.14. The van der Waals surface area contributed by atoms with Crippen molar-refractivity contribution in [1.82, 2.24) is 0 Å². The minimum Gasteiger partial charge on any atom is -0.386 e. The molecule has 1 aliphatic rings. The predicted molar refractivity (Wildman–Crippen MR) is 51.9 cm³/mol. The Bertz CT molecular complexity index is 223. The first kappa shape index (κ1) is 9.53. The predicted octanol–water partition coefficient (Wildman–Crippen LogP) is 2.67. The van der Waals surface area contributed by atoms with Crippen molar-refractivity contribution in [3.05, 3.63) is 23.8 Å². The van der Waals surface area contributed by atoms with Gasteiger partial charge in [-0.05, 0) is 45.1 Å². The molecule has 0 aromatic heterocycles. The molecule has 0 heterocycles. The van der Waals surface area contributed by atoms with E-state index in [2.05, 4.69) is 12.7 Å². The summed E-state index contributed by atoms with van der Waals surface area (Å²) in [6.45, 7) is 9.84. The summed E-state index contributed by atoms with van der Waals surface area (Å²) in [5.41, 5.74) is 1.67. The van der Waals surface area contributed by atoms with Crippen LogP contribution in [-0.4, -0.2) is 10.7 Å². The minimum atomic E-state index is -0.609. The van der Waals surface area contributed by atoms with Crippen molar-refractivity contribution < 1.29 is 5.11 Å². The molecule has 0 aromatic rings. The van der Waals surface area contributed by atoms with E-state index in [1.165, 1.54) is 5.57 Å². The molecule has 1 aliphatic carbocycles. The van der Waals surface area contributed by atoms with E-state index in [4.69, 9.17) is 0 Å². The van der Waals surface area contributed by atoms with Crippen LogP contribution >= 0.6 is 0 Å². The van der Waals surface area contributed by atoms with Gasteiger partial charge in [-0.1, -0.05) is 18.2 Å². The highest BCUT2D eigenvalue weighted by molar-refractivity contribution is 5.20. The average molecular weight is 166 g/mol. The van der Waals surface area contributed by atoms with Crippen LogP contribution in [0.15, 0.2) is 23.8 Å². The lowest BCUT2D eigenvalue weighted by Gasteiger charge is -2.33. The summed E-state index contributed by atoms with van der Waals surface area (Å²) in [6, 6.07) is 0. The van der Waals surface area contributed by atoms with Gasteiger partial charge in [0.25, 0.3) is 0 Å². The molecule has 0 saturated heterocycles. The van der Waals surface area contributed by atoms with Gasteiger partial charge >= 0.3 is 0 Å². The monoisotopic (exact) mass is 166 g/mol. The molecule has 0 fully saturated rings. The van der Waals surface area contributed by atoms with Gasteiger partial charge in [0.1, 0.15) is 0 Å². The second-order valence-corrected chi connectivity index (χ2v) is 4.14. The van der Waals surface area contributed by atoms with Crippen LogP contribution in [0.3, 0.4) is 0 Å². The quantitative estimate of drug-likeness (QED) is 0.594. The van der Waals surface area contributed by atoms with Gasteiger partial charge in [-0.2, -0.15) is 0 Å². The van der Waals surface area contributed by atoms with Gasteiger partial charge in [0, 0.05) is 0 Å². The number of allylic oxidation sites excluding steroid dienone is 2. The van der Waals surface area contributed by atoms with Crippen LogP contribution in [0.2, 0.25) is 0 Å². The van der Waals surface area contributed by atoms with Gasteiger partial charge in [-0.25, -0.2) is 0 Å². The Labute approximate surface area is 74.8 Å². The Morgan fingerprint density at radius 3 is 2.75 bits per heavy atom. The third kappa shape index (κ3) is 1.78. The standard InChI is InChI=1S/C11H18O/c1-8(2)10-6-5-9(3)11(4,12)7-10/h5,10,12H,1,6-7H2,2-4H3/t10?,11-/m1/s1. The molecule has 1 nitrogen and oxygen atoms in total. The lowest BCUT2D eigenvalue weighted by Crippen LogP contribution is -2.32. The van der Waals surface area contributed by atoms with E-state index in [1.807, 2.05) is 20.8 Å². The van der Waals surface area contributed by atoms with Gasteiger partial charge in [-0.15, -0.1) is 0 Å². The SMILES string of the molecule is C=C(C)C1CC=C(C)[C@](C)(O)C1. The molecule has 1 rings (SSSR count). The van der Waals surface area contributed by atoms with E-state index >= 15 is 0 Å². The fourth-order valence-corrected chi connectivity index (χ4v) is 1.64. The molecule has 1 N–H and O–H groups in total. The Kier molecular flexibility index (Phi) is 2.43. The van der Waals surface area contributed by atoms with Crippen LogP contribution in [0.25, 0.3) is 0 Å². The maximum Gasteiger partial charge on any atom is 0.0831 e. The number of aliphatic hydroxyl groups is 1. The molecule has 0 bridgehead atoms. The number of rotatable bonds is 1. The third-order valence-electron chi connectivity index (χ3n) is 2.90.